The van der Waals surface area contributed by atoms with Crippen molar-refractivity contribution in [1.82, 2.24) is 15.0 Å². The van der Waals surface area contributed by atoms with Crippen LogP contribution >= 0.6 is 0 Å². The molecule has 0 amide bonds. The number of H-pyrrole nitrogens is 1. The van der Waals surface area contributed by atoms with Gasteiger partial charge in [-0.2, -0.15) is 0 Å². The van der Waals surface area contributed by atoms with Gasteiger partial charge in [0.1, 0.15) is 0 Å². The SMILES string of the molecule is CC.Cc1c[nH]c2ccc(-c3cncc(C4CC4)n3)cc12. The van der Waals surface area contributed by atoms with Crippen molar-refractivity contribution in [1.29, 1.82) is 0 Å². The molecule has 1 aliphatic carbocycles. The van der Waals surface area contributed by atoms with Gasteiger partial charge in [0.05, 0.1) is 17.6 Å². The molecule has 0 atom stereocenters. The number of nitrogens with one attached hydrogen (secondary N) is 1. The van der Waals surface area contributed by atoms with E-state index in [1.165, 1.54) is 29.3 Å². The predicted molar refractivity (Wildman–Crippen MR) is 87.4 cm³/mol. The van der Waals surface area contributed by atoms with Crippen LogP contribution in [0.4, 0.5) is 0 Å². The van der Waals surface area contributed by atoms with Gasteiger partial charge in [0.2, 0.25) is 0 Å². The fourth-order valence-corrected chi connectivity index (χ4v) is 2.52. The Balaban J connectivity index is 0.000000636. The average molecular weight is 279 g/mol. The summed E-state index contributed by atoms with van der Waals surface area (Å²) in [5.41, 5.74) is 5.70. The highest BCUT2D eigenvalue weighted by Crippen LogP contribution is 2.39. The summed E-state index contributed by atoms with van der Waals surface area (Å²) < 4.78 is 0. The van der Waals surface area contributed by atoms with E-state index in [4.69, 9.17) is 4.98 Å². The van der Waals surface area contributed by atoms with Crippen molar-refractivity contribution in [3.8, 4) is 11.3 Å². The summed E-state index contributed by atoms with van der Waals surface area (Å²) in [6, 6.07) is 6.42. The minimum Gasteiger partial charge on any atom is -0.361 e. The van der Waals surface area contributed by atoms with Gasteiger partial charge in [-0.25, -0.2) is 4.98 Å². The summed E-state index contributed by atoms with van der Waals surface area (Å²) in [7, 11) is 0. The number of hydrogen-bond acceptors (Lipinski definition) is 2. The van der Waals surface area contributed by atoms with Crippen LogP contribution in [-0.2, 0) is 0 Å². The maximum atomic E-state index is 4.75. The fraction of sp³-hybridized carbons (Fsp3) is 0.333. The number of aromatic amines is 1. The molecule has 1 N–H and O–H groups in total. The smallest absolute Gasteiger partial charge is 0.0888 e. The molecule has 0 bridgehead atoms. The Hall–Kier alpha value is -2.16. The van der Waals surface area contributed by atoms with Crippen LogP contribution in [0, 0.1) is 6.92 Å². The molecule has 108 valence electrons. The van der Waals surface area contributed by atoms with Gasteiger partial charge in [0, 0.05) is 34.8 Å². The van der Waals surface area contributed by atoms with Crippen LogP contribution < -0.4 is 0 Å². The molecular weight excluding hydrogens is 258 g/mol. The molecule has 3 nitrogen and oxygen atoms in total. The Morgan fingerprint density at radius 1 is 1.14 bits per heavy atom. The second-order valence-electron chi connectivity index (χ2n) is 5.34. The van der Waals surface area contributed by atoms with E-state index in [1.54, 1.807) is 0 Å². The number of benzene rings is 1. The largest absolute Gasteiger partial charge is 0.361 e. The van der Waals surface area contributed by atoms with E-state index >= 15 is 0 Å². The molecule has 1 aliphatic rings. The molecule has 0 radical (unpaired) electrons. The molecule has 0 unspecified atom stereocenters. The zero-order valence-electron chi connectivity index (χ0n) is 12.9. The van der Waals surface area contributed by atoms with E-state index in [2.05, 4.69) is 35.1 Å². The molecule has 4 rings (SSSR count). The number of nitrogens with zero attached hydrogens (tertiary/aromatic N) is 2. The van der Waals surface area contributed by atoms with Crippen LogP contribution in [0.2, 0.25) is 0 Å². The standard InChI is InChI=1S/C16H15N3.C2H6/c1-10-7-18-14-5-4-12(6-13(10)14)16-9-17-8-15(19-16)11-2-3-11;1-2/h4-9,11,18H,2-3H2,1H3;1-2H3. The molecular formula is C18H21N3. The lowest BCUT2D eigenvalue weighted by Gasteiger charge is -2.04. The topological polar surface area (TPSA) is 41.6 Å². The molecule has 0 spiro atoms. The van der Waals surface area contributed by atoms with Crippen LogP contribution in [0.15, 0.2) is 36.8 Å². The van der Waals surface area contributed by atoms with Crippen molar-refractivity contribution in [2.75, 3.05) is 0 Å². The summed E-state index contributed by atoms with van der Waals surface area (Å²) in [6.45, 7) is 6.12. The number of hydrogen-bond donors (Lipinski definition) is 1. The minimum atomic E-state index is 0.644. The summed E-state index contributed by atoms with van der Waals surface area (Å²) in [5, 5.41) is 1.26. The number of aromatic nitrogens is 3. The van der Waals surface area contributed by atoms with E-state index in [0.717, 1.165) is 17.0 Å². The first-order valence-electron chi connectivity index (χ1n) is 7.71. The lowest BCUT2D eigenvalue weighted by Crippen LogP contribution is -1.92. The van der Waals surface area contributed by atoms with E-state index < -0.39 is 0 Å². The molecule has 0 saturated heterocycles. The molecule has 2 heterocycles. The third-order valence-electron chi connectivity index (χ3n) is 3.83. The Bertz CT molecular complexity index is 754. The number of rotatable bonds is 2. The fourth-order valence-electron chi connectivity index (χ4n) is 2.52. The zero-order chi connectivity index (χ0) is 14.8. The van der Waals surface area contributed by atoms with E-state index in [0.29, 0.717) is 5.92 Å². The Kier molecular flexibility index (Phi) is 3.74. The third-order valence-corrected chi connectivity index (χ3v) is 3.83. The van der Waals surface area contributed by atoms with E-state index in [-0.39, 0.29) is 0 Å². The van der Waals surface area contributed by atoms with Gasteiger partial charge < -0.3 is 4.98 Å². The monoisotopic (exact) mass is 279 g/mol. The van der Waals surface area contributed by atoms with Gasteiger partial charge in [-0.15, -0.1) is 0 Å². The van der Waals surface area contributed by atoms with Crippen LogP contribution in [0.5, 0.6) is 0 Å². The normalized spacial score (nSPS) is 13.9. The van der Waals surface area contributed by atoms with Crippen LogP contribution in [0.1, 0.15) is 43.9 Å². The van der Waals surface area contributed by atoms with E-state index in [9.17, 15) is 0 Å². The van der Waals surface area contributed by atoms with Crippen LogP contribution in [0.3, 0.4) is 0 Å². The molecule has 3 aromatic rings. The van der Waals surface area contributed by atoms with Crippen molar-refractivity contribution in [3.63, 3.8) is 0 Å². The van der Waals surface area contributed by atoms with Gasteiger partial charge in [0.15, 0.2) is 0 Å². The lowest BCUT2D eigenvalue weighted by atomic mass is 10.1. The van der Waals surface area contributed by atoms with Gasteiger partial charge in [-0.1, -0.05) is 19.9 Å². The summed E-state index contributed by atoms with van der Waals surface area (Å²) >= 11 is 0. The molecule has 0 aliphatic heterocycles. The Labute approximate surface area is 125 Å². The second-order valence-corrected chi connectivity index (χ2v) is 5.34. The van der Waals surface area contributed by atoms with Crippen molar-refractivity contribution in [3.05, 3.63) is 48.0 Å². The van der Waals surface area contributed by atoms with Gasteiger partial charge in [-0.05, 0) is 37.5 Å². The van der Waals surface area contributed by atoms with Crippen molar-refractivity contribution >= 4 is 10.9 Å². The van der Waals surface area contributed by atoms with Crippen LogP contribution in [-0.4, -0.2) is 15.0 Å². The van der Waals surface area contributed by atoms with Crippen molar-refractivity contribution in [2.45, 2.75) is 39.5 Å². The Morgan fingerprint density at radius 2 is 1.95 bits per heavy atom. The number of fused-ring (bicyclic) bond motifs is 1. The summed E-state index contributed by atoms with van der Waals surface area (Å²) in [6.07, 6.45) is 8.32. The van der Waals surface area contributed by atoms with Gasteiger partial charge in [0.25, 0.3) is 0 Å². The molecule has 1 fully saturated rings. The summed E-state index contributed by atoms with van der Waals surface area (Å²) in [4.78, 5) is 12.4. The molecule has 1 saturated carbocycles. The first-order chi connectivity index (χ1) is 10.3. The quantitative estimate of drug-likeness (QED) is 0.729. The van der Waals surface area contributed by atoms with Crippen molar-refractivity contribution in [2.24, 2.45) is 0 Å². The second kappa shape index (κ2) is 5.68. The maximum Gasteiger partial charge on any atom is 0.0888 e. The Morgan fingerprint density at radius 3 is 2.71 bits per heavy atom. The predicted octanol–water partition coefficient (Wildman–Crippen LogP) is 4.84. The first kappa shape index (κ1) is 13.8. The molecule has 1 aromatic carbocycles. The molecule has 21 heavy (non-hydrogen) atoms. The highest BCUT2D eigenvalue weighted by molar-refractivity contribution is 5.87. The highest BCUT2D eigenvalue weighted by Gasteiger charge is 2.25. The zero-order valence-corrected chi connectivity index (χ0v) is 12.9. The van der Waals surface area contributed by atoms with E-state index in [1.807, 2.05) is 32.4 Å². The first-order valence-corrected chi connectivity index (χ1v) is 7.71. The molecule has 2 aromatic heterocycles. The van der Waals surface area contributed by atoms with Crippen LogP contribution in [0.25, 0.3) is 22.2 Å². The lowest BCUT2D eigenvalue weighted by molar-refractivity contribution is 0.993. The maximum absolute atomic E-state index is 4.75. The third kappa shape index (κ3) is 2.68. The number of aryl methyl sites for hydroxylation is 1. The highest BCUT2D eigenvalue weighted by atomic mass is 14.8. The van der Waals surface area contributed by atoms with Crippen molar-refractivity contribution < 1.29 is 0 Å². The van der Waals surface area contributed by atoms with Gasteiger partial charge in [-0.3, -0.25) is 4.98 Å². The minimum absolute atomic E-state index is 0.644. The average Bonchev–Trinajstić information content (AvgIpc) is 3.34. The molecule has 3 heteroatoms. The van der Waals surface area contributed by atoms with Gasteiger partial charge >= 0.3 is 0 Å². The summed E-state index contributed by atoms with van der Waals surface area (Å²) in [5.74, 6) is 0.644.